The number of benzene rings is 3. The molecule has 3 aromatic rings. The summed E-state index contributed by atoms with van der Waals surface area (Å²) >= 11 is 18.3. The van der Waals surface area contributed by atoms with Gasteiger partial charge in [-0.15, -0.1) is 0 Å². The third-order valence-electron chi connectivity index (χ3n) is 4.29. The molecule has 0 radical (unpaired) electrons. The summed E-state index contributed by atoms with van der Waals surface area (Å²) < 4.78 is 0. The summed E-state index contributed by atoms with van der Waals surface area (Å²) in [6.07, 6.45) is 0. The van der Waals surface area contributed by atoms with Gasteiger partial charge >= 0.3 is 0 Å². The Hall–Kier alpha value is -1.51. The van der Waals surface area contributed by atoms with Crippen LogP contribution in [0.3, 0.4) is 0 Å². The Kier molecular flexibility index (Phi) is 3.44. The minimum Gasteiger partial charge on any atom is -0.376 e. The fraction of sp³-hybridized carbons (Fsp3) is 0.0526. The molecule has 4 rings (SSSR count). The summed E-state index contributed by atoms with van der Waals surface area (Å²) in [5, 5.41) is 13.5. The van der Waals surface area contributed by atoms with E-state index in [4.69, 9.17) is 34.8 Å². The zero-order chi connectivity index (χ0) is 16.2. The topological polar surface area (TPSA) is 20.2 Å². The fourth-order valence-electron chi connectivity index (χ4n) is 3.26. The van der Waals surface area contributed by atoms with Gasteiger partial charge in [-0.1, -0.05) is 59.1 Å². The fourth-order valence-corrected chi connectivity index (χ4v) is 3.73. The van der Waals surface area contributed by atoms with Gasteiger partial charge in [0.15, 0.2) is 0 Å². The molecular formula is C19H11Cl3O. The van der Waals surface area contributed by atoms with Crippen LogP contribution in [0.1, 0.15) is 16.7 Å². The lowest BCUT2D eigenvalue weighted by Gasteiger charge is -2.26. The van der Waals surface area contributed by atoms with E-state index in [1.807, 2.05) is 36.4 Å². The first kappa shape index (κ1) is 15.0. The van der Waals surface area contributed by atoms with Crippen LogP contribution in [0, 0.1) is 0 Å². The number of fused-ring (bicyclic) bond motifs is 3. The van der Waals surface area contributed by atoms with Gasteiger partial charge in [0.25, 0.3) is 0 Å². The molecule has 114 valence electrons. The highest BCUT2D eigenvalue weighted by molar-refractivity contribution is 6.32. The van der Waals surface area contributed by atoms with Crippen LogP contribution in [0.2, 0.25) is 15.1 Å². The average Bonchev–Trinajstić information content (AvgIpc) is 2.77. The van der Waals surface area contributed by atoms with Crippen LogP contribution in [-0.4, -0.2) is 5.11 Å². The Morgan fingerprint density at radius 3 is 1.52 bits per heavy atom. The molecule has 0 heterocycles. The summed E-state index contributed by atoms with van der Waals surface area (Å²) in [6, 6.07) is 18.2. The molecule has 4 heteroatoms. The van der Waals surface area contributed by atoms with Crippen molar-refractivity contribution in [2.75, 3.05) is 0 Å². The molecule has 0 fully saturated rings. The maximum Gasteiger partial charge on any atom is 0.141 e. The number of aliphatic hydroxyl groups is 1. The van der Waals surface area contributed by atoms with Gasteiger partial charge in [0, 0.05) is 26.2 Å². The second kappa shape index (κ2) is 5.25. The maximum absolute atomic E-state index is 11.6. The standard InChI is InChI=1S/C19H11Cl3O/c20-12-3-1-11(2-4-12)19(23)17-7-5-13(21)9-15(17)16-10-14(22)6-8-18(16)19/h1-10,23H. The summed E-state index contributed by atoms with van der Waals surface area (Å²) in [5.74, 6) is 0. The van der Waals surface area contributed by atoms with E-state index in [1.165, 1.54) is 0 Å². The monoisotopic (exact) mass is 360 g/mol. The minimum atomic E-state index is -1.25. The molecule has 0 atom stereocenters. The number of hydrogen-bond acceptors (Lipinski definition) is 1. The normalized spacial score (nSPS) is 14.4. The smallest absolute Gasteiger partial charge is 0.141 e. The van der Waals surface area contributed by atoms with Crippen molar-refractivity contribution in [3.05, 3.63) is 92.4 Å². The van der Waals surface area contributed by atoms with Gasteiger partial charge in [0.2, 0.25) is 0 Å². The first-order valence-electron chi connectivity index (χ1n) is 7.09. The van der Waals surface area contributed by atoms with Crippen molar-refractivity contribution in [1.82, 2.24) is 0 Å². The predicted octanol–water partition coefficient (Wildman–Crippen LogP) is 5.91. The lowest BCUT2D eigenvalue weighted by atomic mass is 9.84. The molecule has 0 saturated carbocycles. The number of halogens is 3. The number of hydrogen-bond donors (Lipinski definition) is 1. The second-order valence-corrected chi connectivity index (χ2v) is 6.91. The van der Waals surface area contributed by atoms with Crippen LogP contribution in [-0.2, 0) is 5.60 Å². The minimum absolute atomic E-state index is 0.620. The highest BCUT2D eigenvalue weighted by Crippen LogP contribution is 2.52. The van der Waals surface area contributed by atoms with Gasteiger partial charge in [-0.05, 0) is 53.1 Å². The number of rotatable bonds is 1. The van der Waals surface area contributed by atoms with Crippen molar-refractivity contribution in [3.63, 3.8) is 0 Å². The van der Waals surface area contributed by atoms with E-state index >= 15 is 0 Å². The summed E-state index contributed by atoms with van der Waals surface area (Å²) in [4.78, 5) is 0. The molecule has 0 aliphatic heterocycles. The summed E-state index contributed by atoms with van der Waals surface area (Å²) in [7, 11) is 0. The van der Waals surface area contributed by atoms with Crippen molar-refractivity contribution in [2.45, 2.75) is 5.60 Å². The van der Waals surface area contributed by atoms with Crippen molar-refractivity contribution < 1.29 is 5.11 Å². The zero-order valence-corrected chi connectivity index (χ0v) is 14.1. The Balaban J connectivity index is 2.07. The third kappa shape index (κ3) is 2.20. The zero-order valence-electron chi connectivity index (χ0n) is 11.9. The molecule has 0 spiro atoms. The molecule has 0 aromatic heterocycles. The van der Waals surface area contributed by atoms with E-state index in [0.717, 1.165) is 27.8 Å². The van der Waals surface area contributed by atoms with Crippen LogP contribution >= 0.6 is 34.8 Å². The van der Waals surface area contributed by atoms with Crippen molar-refractivity contribution in [3.8, 4) is 11.1 Å². The van der Waals surface area contributed by atoms with E-state index in [0.29, 0.717) is 15.1 Å². The molecule has 0 unspecified atom stereocenters. The molecule has 0 amide bonds. The van der Waals surface area contributed by atoms with Crippen molar-refractivity contribution in [1.29, 1.82) is 0 Å². The largest absolute Gasteiger partial charge is 0.376 e. The Labute approximate surface area is 149 Å². The SMILES string of the molecule is OC1(c2ccc(Cl)cc2)c2ccc(Cl)cc2-c2cc(Cl)ccc21. The quantitative estimate of drug-likeness (QED) is 0.571. The van der Waals surface area contributed by atoms with E-state index in [1.54, 1.807) is 24.3 Å². The molecule has 0 saturated heterocycles. The van der Waals surface area contributed by atoms with Crippen LogP contribution < -0.4 is 0 Å². The average molecular weight is 362 g/mol. The molecule has 1 nitrogen and oxygen atoms in total. The molecule has 23 heavy (non-hydrogen) atoms. The van der Waals surface area contributed by atoms with Crippen LogP contribution in [0.4, 0.5) is 0 Å². The van der Waals surface area contributed by atoms with E-state index < -0.39 is 5.60 Å². The van der Waals surface area contributed by atoms with E-state index in [9.17, 15) is 5.11 Å². The van der Waals surface area contributed by atoms with Gasteiger partial charge in [0.1, 0.15) is 5.60 Å². The molecule has 1 aliphatic carbocycles. The Morgan fingerprint density at radius 1 is 0.609 bits per heavy atom. The summed E-state index contributed by atoms with van der Waals surface area (Å²) in [6.45, 7) is 0. The van der Waals surface area contributed by atoms with Gasteiger partial charge in [-0.3, -0.25) is 0 Å². The van der Waals surface area contributed by atoms with E-state index in [2.05, 4.69) is 0 Å². The van der Waals surface area contributed by atoms with Crippen LogP contribution in [0.25, 0.3) is 11.1 Å². The Morgan fingerprint density at radius 2 is 1.04 bits per heavy atom. The lowest BCUT2D eigenvalue weighted by molar-refractivity contribution is 0.131. The highest BCUT2D eigenvalue weighted by Gasteiger charge is 2.43. The van der Waals surface area contributed by atoms with Crippen molar-refractivity contribution in [2.24, 2.45) is 0 Å². The molecular weight excluding hydrogens is 351 g/mol. The molecule has 1 aliphatic rings. The third-order valence-corrected chi connectivity index (χ3v) is 5.02. The van der Waals surface area contributed by atoms with Gasteiger partial charge in [0.05, 0.1) is 0 Å². The predicted molar refractivity (Wildman–Crippen MR) is 95.5 cm³/mol. The van der Waals surface area contributed by atoms with Gasteiger partial charge < -0.3 is 5.11 Å². The second-order valence-electron chi connectivity index (χ2n) is 5.60. The van der Waals surface area contributed by atoms with Crippen LogP contribution in [0.5, 0.6) is 0 Å². The van der Waals surface area contributed by atoms with E-state index in [-0.39, 0.29) is 0 Å². The first-order valence-corrected chi connectivity index (χ1v) is 8.22. The summed E-state index contributed by atoms with van der Waals surface area (Å²) in [5.41, 5.74) is 2.89. The molecule has 1 N–H and O–H groups in total. The molecule has 3 aromatic carbocycles. The first-order chi connectivity index (χ1) is 11.0. The van der Waals surface area contributed by atoms with Gasteiger partial charge in [-0.2, -0.15) is 0 Å². The van der Waals surface area contributed by atoms with Crippen LogP contribution in [0.15, 0.2) is 60.7 Å². The van der Waals surface area contributed by atoms with Gasteiger partial charge in [-0.25, -0.2) is 0 Å². The Bertz CT molecular complexity index is 865. The van der Waals surface area contributed by atoms with Crippen molar-refractivity contribution >= 4 is 34.8 Å². The molecule has 0 bridgehead atoms. The lowest BCUT2D eigenvalue weighted by Crippen LogP contribution is -2.26. The maximum atomic E-state index is 11.6. The highest BCUT2D eigenvalue weighted by atomic mass is 35.5.